The highest BCUT2D eigenvalue weighted by Gasteiger charge is 2.58. The van der Waals surface area contributed by atoms with E-state index in [1.54, 1.807) is 13.3 Å². The fourth-order valence-electron chi connectivity index (χ4n) is 4.00. The van der Waals surface area contributed by atoms with Gasteiger partial charge in [0.05, 0.1) is 13.7 Å². The Morgan fingerprint density at radius 3 is 3.00 bits per heavy atom. The standard InChI is InChI=1S/C18H24N4O2S/c1-21-9-8-20-15(21)12-22(14-11-18(14)4-6-19-7-5-18)17(23)16-13(24-2)3-10-25-16/h3,8-10,14,19H,4-7,11-12H2,1-2H3/t14-/m0/s1. The Hall–Kier alpha value is -1.86. The summed E-state index contributed by atoms with van der Waals surface area (Å²) in [5, 5.41) is 5.35. The van der Waals surface area contributed by atoms with E-state index in [0.717, 1.165) is 38.2 Å². The molecule has 1 aliphatic carbocycles. The van der Waals surface area contributed by atoms with Gasteiger partial charge >= 0.3 is 0 Å². The average molecular weight is 360 g/mol. The number of ether oxygens (including phenoxy) is 1. The van der Waals surface area contributed by atoms with Crippen molar-refractivity contribution < 1.29 is 9.53 Å². The molecule has 1 atom stereocenters. The number of rotatable bonds is 5. The molecule has 1 saturated heterocycles. The van der Waals surface area contributed by atoms with E-state index in [4.69, 9.17) is 4.74 Å². The molecule has 1 N–H and O–H groups in total. The van der Waals surface area contributed by atoms with Gasteiger partial charge in [0.2, 0.25) is 0 Å². The summed E-state index contributed by atoms with van der Waals surface area (Å²) in [5.41, 5.74) is 0.288. The Morgan fingerprint density at radius 1 is 1.52 bits per heavy atom. The summed E-state index contributed by atoms with van der Waals surface area (Å²) >= 11 is 1.45. The van der Waals surface area contributed by atoms with Crippen molar-refractivity contribution in [2.45, 2.75) is 31.8 Å². The van der Waals surface area contributed by atoms with Crippen LogP contribution in [0.25, 0.3) is 0 Å². The van der Waals surface area contributed by atoms with Crippen molar-refractivity contribution in [3.63, 3.8) is 0 Å². The van der Waals surface area contributed by atoms with Crippen LogP contribution in [-0.2, 0) is 13.6 Å². The van der Waals surface area contributed by atoms with Crippen molar-refractivity contribution in [1.82, 2.24) is 19.8 Å². The first-order valence-corrected chi connectivity index (χ1v) is 9.62. The lowest BCUT2D eigenvalue weighted by molar-refractivity contribution is 0.0687. The molecule has 4 rings (SSSR count). The summed E-state index contributed by atoms with van der Waals surface area (Å²) in [6.07, 6.45) is 7.10. The number of aryl methyl sites for hydroxylation is 1. The zero-order valence-electron chi connectivity index (χ0n) is 14.7. The first-order valence-electron chi connectivity index (χ1n) is 8.74. The fourth-order valence-corrected chi connectivity index (χ4v) is 4.81. The van der Waals surface area contributed by atoms with E-state index >= 15 is 0 Å². The zero-order valence-corrected chi connectivity index (χ0v) is 15.5. The fraction of sp³-hybridized carbons (Fsp3) is 0.556. The number of carbonyl (C=O) groups excluding carboxylic acids is 1. The zero-order chi connectivity index (χ0) is 17.4. The second-order valence-electron chi connectivity index (χ2n) is 7.04. The molecule has 25 heavy (non-hydrogen) atoms. The molecular weight excluding hydrogens is 336 g/mol. The summed E-state index contributed by atoms with van der Waals surface area (Å²) in [4.78, 5) is 20.5. The second-order valence-corrected chi connectivity index (χ2v) is 7.95. The van der Waals surface area contributed by atoms with Gasteiger partial charge in [0.25, 0.3) is 5.91 Å². The Labute approximate surface area is 151 Å². The Bertz CT molecular complexity index is 763. The van der Waals surface area contributed by atoms with E-state index in [-0.39, 0.29) is 11.3 Å². The number of hydrogen-bond donors (Lipinski definition) is 1. The number of carbonyl (C=O) groups is 1. The molecule has 134 valence electrons. The molecule has 1 amide bonds. The number of methoxy groups -OCH3 is 1. The summed E-state index contributed by atoms with van der Waals surface area (Å²) in [6, 6.07) is 2.16. The van der Waals surface area contributed by atoms with Crippen LogP contribution in [0.5, 0.6) is 5.75 Å². The van der Waals surface area contributed by atoms with Gasteiger partial charge in [-0.05, 0) is 49.2 Å². The number of piperidine rings is 1. The molecule has 0 bridgehead atoms. The van der Waals surface area contributed by atoms with Crippen LogP contribution in [0.4, 0.5) is 0 Å². The molecule has 0 unspecified atom stereocenters. The molecule has 2 fully saturated rings. The van der Waals surface area contributed by atoms with E-state index in [0.29, 0.717) is 23.2 Å². The topological polar surface area (TPSA) is 59.4 Å². The average Bonchev–Trinajstić information content (AvgIpc) is 3.00. The van der Waals surface area contributed by atoms with Crippen molar-refractivity contribution in [3.8, 4) is 5.75 Å². The van der Waals surface area contributed by atoms with Crippen molar-refractivity contribution in [3.05, 3.63) is 34.5 Å². The number of thiophene rings is 1. The highest BCUT2D eigenvalue weighted by Crippen LogP contribution is 2.56. The molecule has 1 spiro atoms. The van der Waals surface area contributed by atoms with Crippen LogP contribution in [-0.4, -0.2) is 46.6 Å². The predicted octanol–water partition coefficient (Wildman–Crippen LogP) is 2.27. The van der Waals surface area contributed by atoms with Gasteiger partial charge in [-0.1, -0.05) is 0 Å². The lowest BCUT2D eigenvalue weighted by Gasteiger charge is -2.29. The van der Waals surface area contributed by atoms with Crippen molar-refractivity contribution in [2.24, 2.45) is 12.5 Å². The van der Waals surface area contributed by atoms with Crippen molar-refractivity contribution in [1.29, 1.82) is 0 Å². The first-order chi connectivity index (χ1) is 12.1. The lowest BCUT2D eigenvalue weighted by Crippen LogP contribution is -2.39. The molecule has 2 aromatic rings. The molecule has 6 nitrogen and oxygen atoms in total. The highest BCUT2D eigenvalue weighted by atomic mass is 32.1. The predicted molar refractivity (Wildman–Crippen MR) is 96.9 cm³/mol. The highest BCUT2D eigenvalue weighted by molar-refractivity contribution is 7.12. The maximum atomic E-state index is 13.3. The van der Waals surface area contributed by atoms with Gasteiger partial charge in [0.1, 0.15) is 16.5 Å². The number of nitrogens with one attached hydrogen (secondary N) is 1. The Kier molecular flexibility index (Phi) is 4.29. The Balaban J connectivity index is 1.62. The third kappa shape index (κ3) is 2.95. The second kappa shape index (κ2) is 6.46. The van der Waals surface area contributed by atoms with Gasteiger partial charge in [0, 0.05) is 25.5 Å². The number of aromatic nitrogens is 2. The summed E-state index contributed by atoms with van der Waals surface area (Å²) in [7, 11) is 3.59. The molecule has 0 aromatic carbocycles. The molecule has 1 aliphatic heterocycles. The number of nitrogens with zero attached hydrogens (tertiary/aromatic N) is 3. The van der Waals surface area contributed by atoms with Crippen LogP contribution >= 0.6 is 11.3 Å². The first kappa shape index (κ1) is 16.6. The van der Waals surface area contributed by atoms with E-state index in [2.05, 4.69) is 10.3 Å². The minimum Gasteiger partial charge on any atom is -0.495 e. The van der Waals surface area contributed by atoms with Gasteiger partial charge in [-0.2, -0.15) is 0 Å². The van der Waals surface area contributed by atoms with E-state index < -0.39 is 0 Å². The number of amides is 1. The smallest absolute Gasteiger partial charge is 0.268 e. The molecule has 7 heteroatoms. The van der Waals surface area contributed by atoms with Crippen molar-refractivity contribution >= 4 is 17.2 Å². The third-order valence-electron chi connectivity index (χ3n) is 5.66. The largest absolute Gasteiger partial charge is 0.495 e. The lowest BCUT2D eigenvalue weighted by atomic mass is 9.93. The quantitative estimate of drug-likeness (QED) is 0.889. The normalized spacial score (nSPS) is 21.3. The summed E-state index contributed by atoms with van der Waals surface area (Å²) in [5.74, 6) is 1.65. The molecule has 2 aliphatic rings. The van der Waals surface area contributed by atoms with Gasteiger partial charge < -0.3 is 19.5 Å². The maximum Gasteiger partial charge on any atom is 0.268 e. The van der Waals surface area contributed by atoms with E-state index in [9.17, 15) is 4.79 Å². The van der Waals surface area contributed by atoms with Crippen LogP contribution < -0.4 is 10.1 Å². The van der Waals surface area contributed by atoms with Crippen LogP contribution in [0.1, 0.15) is 34.8 Å². The number of imidazole rings is 1. The molecule has 1 saturated carbocycles. The van der Waals surface area contributed by atoms with Gasteiger partial charge in [-0.15, -0.1) is 11.3 Å². The number of hydrogen-bond acceptors (Lipinski definition) is 5. The molecule has 3 heterocycles. The van der Waals surface area contributed by atoms with Gasteiger partial charge in [-0.25, -0.2) is 4.98 Å². The molecule has 0 radical (unpaired) electrons. The van der Waals surface area contributed by atoms with Crippen LogP contribution in [0.15, 0.2) is 23.8 Å². The monoisotopic (exact) mass is 360 g/mol. The molecule has 2 aromatic heterocycles. The minimum atomic E-state index is 0.0651. The van der Waals surface area contributed by atoms with E-state index in [1.165, 1.54) is 11.3 Å². The minimum absolute atomic E-state index is 0.0651. The summed E-state index contributed by atoms with van der Waals surface area (Å²) < 4.78 is 7.37. The van der Waals surface area contributed by atoms with Crippen LogP contribution in [0, 0.1) is 5.41 Å². The van der Waals surface area contributed by atoms with Gasteiger partial charge in [-0.3, -0.25) is 4.79 Å². The Morgan fingerprint density at radius 2 is 2.32 bits per heavy atom. The van der Waals surface area contributed by atoms with Gasteiger partial charge in [0.15, 0.2) is 0 Å². The van der Waals surface area contributed by atoms with Crippen LogP contribution in [0.2, 0.25) is 0 Å². The third-order valence-corrected chi connectivity index (χ3v) is 6.54. The summed E-state index contributed by atoms with van der Waals surface area (Å²) in [6.45, 7) is 2.63. The van der Waals surface area contributed by atoms with Crippen LogP contribution in [0.3, 0.4) is 0 Å². The SMILES string of the molecule is COc1ccsc1C(=O)N(Cc1nccn1C)[C@H]1CC12CCNCC2. The maximum absolute atomic E-state index is 13.3. The van der Waals surface area contributed by atoms with Crippen molar-refractivity contribution in [2.75, 3.05) is 20.2 Å². The van der Waals surface area contributed by atoms with E-state index in [1.807, 2.05) is 34.2 Å². The molecular formula is C18H24N4O2S.